The molecule has 2 N–H and O–H groups in total. The second kappa shape index (κ2) is 9.47. The van der Waals surface area contributed by atoms with Gasteiger partial charge in [-0.2, -0.15) is 0 Å². The van der Waals surface area contributed by atoms with Crippen LogP contribution in [0.2, 0.25) is 0 Å². The number of aliphatic imine (C=N–C) groups is 1. The molecule has 1 fully saturated rings. The minimum atomic E-state index is -0.330. The summed E-state index contributed by atoms with van der Waals surface area (Å²) in [6.07, 6.45) is 1.37. The molecule has 2 amide bonds. The number of para-hydroxylation sites is 2. The Morgan fingerprint density at radius 2 is 2.00 bits per heavy atom. The molecule has 2 aliphatic rings. The molecule has 7 nitrogen and oxygen atoms in total. The number of nitrogens with zero attached hydrogens (tertiary/aromatic N) is 3. The monoisotopic (exact) mass is 435 g/mol. The molecule has 0 bridgehead atoms. The topological polar surface area (TPSA) is 77.0 Å². The van der Waals surface area contributed by atoms with E-state index in [1.807, 2.05) is 61.5 Å². The van der Waals surface area contributed by atoms with E-state index in [-0.39, 0.29) is 29.7 Å². The lowest BCUT2D eigenvalue weighted by atomic mass is 10.0. The van der Waals surface area contributed by atoms with E-state index in [4.69, 9.17) is 4.99 Å². The molecule has 2 aromatic carbocycles. The summed E-state index contributed by atoms with van der Waals surface area (Å²) in [7, 11) is 0. The number of anilines is 2. The first kappa shape index (κ1) is 21.3. The standard InChI is InChI=1S/C23H25N5O2S/c1-3-13-27(17-10-5-4-6-11-17)20(29)15-31-23-25-21-18(14-24-26-21)22(30)28(23)19-12-8-7-9-16(19)2/h3-12,18,21,24,26H,1,13-15H2,2H3. The zero-order chi connectivity index (χ0) is 21.8. The number of thioether (sulfide) groups is 1. The number of nitrogens with one attached hydrogen (secondary N) is 2. The lowest BCUT2D eigenvalue weighted by molar-refractivity contribution is -0.121. The number of hydrogen-bond acceptors (Lipinski definition) is 6. The first-order valence-corrected chi connectivity index (χ1v) is 11.1. The molecule has 2 aromatic rings. The van der Waals surface area contributed by atoms with Crippen LogP contribution in [0.1, 0.15) is 5.56 Å². The van der Waals surface area contributed by atoms with Crippen molar-refractivity contribution in [3.8, 4) is 0 Å². The van der Waals surface area contributed by atoms with Gasteiger partial charge in [0.1, 0.15) is 6.17 Å². The molecule has 4 rings (SSSR count). The van der Waals surface area contributed by atoms with E-state index in [1.54, 1.807) is 15.9 Å². The van der Waals surface area contributed by atoms with Crippen molar-refractivity contribution >= 4 is 40.1 Å². The van der Waals surface area contributed by atoms with Crippen LogP contribution in [0.3, 0.4) is 0 Å². The third-order valence-electron chi connectivity index (χ3n) is 5.29. The van der Waals surface area contributed by atoms with E-state index in [0.29, 0.717) is 18.3 Å². The summed E-state index contributed by atoms with van der Waals surface area (Å²) in [4.78, 5) is 34.5. The molecule has 0 radical (unpaired) electrons. The Bertz CT molecular complexity index is 1010. The fourth-order valence-electron chi connectivity index (χ4n) is 3.70. The van der Waals surface area contributed by atoms with E-state index < -0.39 is 0 Å². The van der Waals surface area contributed by atoms with E-state index >= 15 is 0 Å². The number of aryl methyl sites for hydroxylation is 1. The summed E-state index contributed by atoms with van der Waals surface area (Å²) in [5, 5.41) is 0.525. The van der Waals surface area contributed by atoms with Crippen LogP contribution in [-0.2, 0) is 9.59 Å². The van der Waals surface area contributed by atoms with E-state index in [1.165, 1.54) is 11.8 Å². The van der Waals surface area contributed by atoms with Crippen LogP contribution in [0, 0.1) is 12.8 Å². The Hall–Kier alpha value is -2.94. The molecule has 0 spiro atoms. The zero-order valence-electron chi connectivity index (χ0n) is 17.3. The first-order valence-electron chi connectivity index (χ1n) is 10.1. The van der Waals surface area contributed by atoms with Gasteiger partial charge in [0.05, 0.1) is 17.4 Å². The van der Waals surface area contributed by atoms with Gasteiger partial charge in [0.15, 0.2) is 5.17 Å². The highest BCUT2D eigenvalue weighted by Crippen LogP contribution is 2.31. The van der Waals surface area contributed by atoms with Crippen molar-refractivity contribution in [3.63, 3.8) is 0 Å². The summed E-state index contributed by atoms with van der Waals surface area (Å²) in [5.41, 5.74) is 8.66. The van der Waals surface area contributed by atoms with Crippen LogP contribution >= 0.6 is 11.8 Å². The van der Waals surface area contributed by atoms with Gasteiger partial charge in [-0.1, -0.05) is 54.2 Å². The molecule has 31 heavy (non-hydrogen) atoms. The van der Waals surface area contributed by atoms with Gasteiger partial charge >= 0.3 is 0 Å². The quantitative estimate of drug-likeness (QED) is 0.683. The lowest BCUT2D eigenvalue weighted by Gasteiger charge is -2.33. The molecule has 8 heteroatoms. The predicted molar refractivity (Wildman–Crippen MR) is 126 cm³/mol. The van der Waals surface area contributed by atoms with E-state index in [9.17, 15) is 9.59 Å². The van der Waals surface area contributed by atoms with Crippen molar-refractivity contribution in [1.82, 2.24) is 10.9 Å². The Kier molecular flexibility index (Phi) is 6.50. The molecule has 2 atom stereocenters. The smallest absolute Gasteiger partial charge is 0.241 e. The van der Waals surface area contributed by atoms with Crippen LogP contribution < -0.4 is 20.7 Å². The number of hydrazine groups is 1. The highest BCUT2D eigenvalue weighted by molar-refractivity contribution is 8.14. The lowest BCUT2D eigenvalue weighted by Crippen LogP contribution is -2.50. The van der Waals surface area contributed by atoms with Crippen LogP contribution in [-0.4, -0.2) is 42.0 Å². The van der Waals surface area contributed by atoms with Crippen molar-refractivity contribution in [2.45, 2.75) is 13.1 Å². The molecule has 2 aliphatic heterocycles. The molecular weight excluding hydrogens is 410 g/mol. The normalized spacial score (nSPS) is 20.2. The molecule has 0 saturated carbocycles. The number of benzene rings is 2. The van der Waals surface area contributed by atoms with Gasteiger partial charge < -0.3 is 4.90 Å². The highest BCUT2D eigenvalue weighted by atomic mass is 32.2. The van der Waals surface area contributed by atoms with Crippen LogP contribution in [0.4, 0.5) is 11.4 Å². The molecular formula is C23H25N5O2S. The van der Waals surface area contributed by atoms with Crippen molar-refractivity contribution in [2.24, 2.45) is 10.9 Å². The van der Waals surface area contributed by atoms with E-state index in [0.717, 1.165) is 16.9 Å². The minimum absolute atomic E-state index is 0.0206. The number of rotatable bonds is 6. The number of hydrogen-bond donors (Lipinski definition) is 2. The molecule has 2 heterocycles. The van der Waals surface area contributed by atoms with Crippen molar-refractivity contribution in [1.29, 1.82) is 0 Å². The number of amides is 2. The van der Waals surface area contributed by atoms with Crippen molar-refractivity contribution in [3.05, 3.63) is 72.8 Å². The zero-order valence-corrected chi connectivity index (χ0v) is 18.1. The van der Waals surface area contributed by atoms with Gasteiger partial charge in [0.25, 0.3) is 0 Å². The summed E-state index contributed by atoms with van der Waals surface area (Å²) in [6.45, 7) is 6.67. The molecule has 0 aliphatic carbocycles. The second-order valence-corrected chi connectivity index (χ2v) is 8.31. The second-order valence-electron chi connectivity index (χ2n) is 7.37. The molecule has 0 aromatic heterocycles. The number of carbonyl (C=O) groups is 2. The van der Waals surface area contributed by atoms with Crippen LogP contribution in [0.25, 0.3) is 0 Å². The Morgan fingerprint density at radius 1 is 1.26 bits per heavy atom. The summed E-state index contributed by atoms with van der Waals surface area (Å²) in [6, 6.07) is 17.2. The minimum Gasteiger partial charge on any atom is -0.308 e. The maximum atomic E-state index is 13.3. The Balaban J connectivity index is 1.58. The van der Waals surface area contributed by atoms with Gasteiger partial charge in [-0.05, 0) is 30.7 Å². The average Bonchev–Trinajstić information content (AvgIpc) is 3.26. The van der Waals surface area contributed by atoms with Gasteiger partial charge in [-0.25, -0.2) is 10.4 Å². The van der Waals surface area contributed by atoms with Gasteiger partial charge in [-0.15, -0.1) is 6.58 Å². The third-order valence-corrected chi connectivity index (χ3v) is 6.23. The molecule has 1 saturated heterocycles. The number of carbonyl (C=O) groups excluding carboxylic acids is 2. The van der Waals surface area contributed by atoms with Gasteiger partial charge in [0, 0.05) is 18.8 Å². The summed E-state index contributed by atoms with van der Waals surface area (Å²) in [5.74, 6) is -0.216. The maximum absolute atomic E-state index is 13.3. The molecule has 160 valence electrons. The predicted octanol–water partition coefficient (Wildman–Crippen LogP) is 2.70. The Labute approximate surface area is 186 Å². The maximum Gasteiger partial charge on any atom is 0.241 e. The fourth-order valence-corrected chi connectivity index (χ4v) is 4.61. The van der Waals surface area contributed by atoms with E-state index in [2.05, 4.69) is 17.4 Å². The largest absolute Gasteiger partial charge is 0.308 e. The first-order chi connectivity index (χ1) is 15.1. The summed E-state index contributed by atoms with van der Waals surface area (Å²) >= 11 is 1.28. The Morgan fingerprint density at radius 3 is 2.74 bits per heavy atom. The van der Waals surface area contributed by atoms with Crippen molar-refractivity contribution < 1.29 is 9.59 Å². The fraction of sp³-hybridized carbons (Fsp3) is 0.261. The number of amidine groups is 1. The van der Waals surface area contributed by atoms with Crippen LogP contribution in [0.15, 0.2) is 72.2 Å². The summed E-state index contributed by atoms with van der Waals surface area (Å²) < 4.78 is 0. The SMILES string of the molecule is C=CCN(C(=O)CSC1=NC2NNCC2C(=O)N1c1ccccc1C)c1ccccc1. The molecule has 2 unspecified atom stereocenters. The van der Waals surface area contributed by atoms with Crippen LogP contribution in [0.5, 0.6) is 0 Å². The van der Waals surface area contributed by atoms with Gasteiger partial charge in [0.2, 0.25) is 11.8 Å². The van der Waals surface area contributed by atoms with Gasteiger partial charge in [-0.3, -0.25) is 19.9 Å². The van der Waals surface area contributed by atoms with Crippen molar-refractivity contribution in [2.75, 3.05) is 28.6 Å². The third kappa shape index (κ3) is 4.41. The average molecular weight is 436 g/mol. The number of fused-ring (bicyclic) bond motifs is 1. The highest BCUT2D eigenvalue weighted by Gasteiger charge is 2.42.